The largest absolute Gasteiger partial charge is 0.436 e. The predicted octanol–water partition coefficient (Wildman–Crippen LogP) is 15.7. The summed E-state index contributed by atoms with van der Waals surface area (Å²) in [5, 5.41) is 2.51. The molecule has 1 heterocycles. The van der Waals surface area contributed by atoms with Gasteiger partial charge < -0.3 is 9.32 Å². The van der Waals surface area contributed by atoms with Gasteiger partial charge in [-0.1, -0.05) is 176 Å². The molecular weight excluding hydrogens is 741 g/mol. The number of anilines is 3. The minimum absolute atomic E-state index is 0.662. The molecule has 0 amide bonds. The molecule has 0 saturated carbocycles. The van der Waals surface area contributed by atoms with Gasteiger partial charge in [-0.2, -0.15) is 0 Å². The molecule has 2 aliphatic rings. The van der Waals surface area contributed by atoms with Gasteiger partial charge in [0, 0.05) is 22.3 Å². The van der Waals surface area contributed by atoms with E-state index >= 15 is 0 Å². The first kappa shape index (κ1) is 36.3. The van der Waals surface area contributed by atoms with E-state index < -0.39 is 0 Å². The summed E-state index contributed by atoms with van der Waals surface area (Å²) >= 11 is 0. The molecule has 3 nitrogen and oxygen atoms in total. The number of rotatable bonds is 7. The summed E-state index contributed by atoms with van der Waals surface area (Å²) in [4.78, 5) is 7.33. The second-order valence-electron chi connectivity index (χ2n) is 15.8. The van der Waals surface area contributed by atoms with Crippen LogP contribution in [0.4, 0.5) is 17.1 Å². The van der Waals surface area contributed by atoms with Crippen molar-refractivity contribution in [3.05, 3.63) is 241 Å². The fourth-order valence-electron chi connectivity index (χ4n) is 9.08. The highest BCUT2D eigenvalue weighted by atomic mass is 16.3. The molecule has 8 aromatic carbocycles. The van der Waals surface area contributed by atoms with Crippen LogP contribution in [-0.4, -0.2) is 4.98 Å². The van der Waals surface area contributed by atoms with E-state index in [1.807, 2.05) is 24.3 Å². The second kappa shape index (κ2) is 15.8. The Morgan fingerprint density at radius 3 is 1.72 bits per heavy atom. The van der Waals surface area contributed by atoms with Gasteiger partial charge in [-0.3, -0.25) is 0 Å². The minimum atomic E-state index is 0.662. The third-order valence-electron chi connectivity index (χ3n) is 12.1. The SMILES string of the molecule is C1=CC/C(c2nc3ccccc3o2)=C\C=C(\c2ccc(N(c3ccc(-c4ccccc4)cc3)c3ccc(-c4ccccc4)cc3)c3ccc4c(c23)Cc2ccccc2-4)CC=C1. The van der Waals surface area contributed by atoms with Crippen molar-refractivity contribution in [2.45, 2.75) is 19.3 Å². The molecule has 0 N–H and O–H groups in total. The van der Waals surface area contributed by atoms with E-state index in [0.717, 1.165) is 46.6 Å². The Morgan fingerprint density at radius 1 is 0.459 bits per heavy atom. The average Bonchev–Trinajstić information content (AvgIpc) is 3.94. The molecule has 0 atom stereocenters. The van der Waals surface area contributed by atoms with Crippen molar-refractivity contribution < 1.29 is 4.42 Å². The number of oxazole rings is 1. The Kier molecular flexibility index (Phi) is 9.40. The summed E-state index contributed by atoms with van der Waals surface area (Å²) in [6.07, 6.45) is 15.6. The van der Waals surface area contributed by atoms with Crippen LogP contribution < -0.4 is 4.90 Å². The fraction of sp³-hybridized carbons (Fsp3) is 0.0517. The van der Waals surface area contributed by atoms with E-state index in [2.05, 4.69) is 199 Å². The van der Waals surface area contributed by atoms with Crippen LogP contribution in [0.5, 0.6) is 0 Å². The number of para-hydroxylation sites is 2. The van der Waals surface area contributed by atoms with Crippen molar-refractivity contribution in [1.29, 1.82) is 0 Å². The summed E-state index contributed by atoms with van der Waals surface area (Å²) in [5.41, 5.74) is 18.7. The first-order chi connectivity index (χ1) is 30.2. The number of hydrogen-bond donors (Lipinski definition) is 0. The van der Waals surface area contributed by atoms with Gasteiger partial charge in [0.2, 0.25) is 5.89 Å². The maximum absolute atomic E-state index is 6.31. The third-order valence-corrected chi connectivity index (χ3v) is 12.1. The lowest BCUT2D eigenvalue weighted by molar-refractivity contribution is 0.582. The third kappa shape index (κ3) is 6.90. The van der Waals surface area contributed by atoms with Crippen LogP contribution in [0.2, 0.25) is 0 Å². The summed E-state index contributed by atoms with van der Waals surface area (Å²) in [7, 11) is 0. The molecule has 0 aliphatic heterocycles. The highest BCUT2D eigenvalue weighted by Crippen LogP contribution is 2.48. The molecule has 0 fully saturated rings. The van der Waals surface area contributed by atoms with Crippen molar-refractivity contribution in [3.8, 4) is 33.4 Å². The number of aromatic nitrogens is 1. The molecule has 11 rings (SSSR count). The van der Waals surface area contributed by atoms with E-state index in [1.165, 1.54) is 66.4 Å². The minimum Gasteiger partial charge on any atom is -0.436 e. The smallest absolute Gasteiger partial charge is 0.223 e. The molecule has 9 aromatic rings. The molecule has 0 spiro atoms. The Morgan fingerprint density at radius 2 is 1.03 bits per heavy atom. The quantitative estimate of drug-likeness (QED) is 0.161. The predicted molar refractivity (Wildman–Crippen MR) is 255 cm³/mol. The van der Waals surface area contributed by atoms with E-state index in [1.54, 1.807) is 0 Å². The van der Waals surface area contributed by atoms with Gasteiger partial charge in [-0.15, -0.1) is 0 Å². The Hall–Kier alpha value is -7.75. The maximum atomic E-state index is 6.31. The molecular formula is C58H42N2O. The van der Waals surface area contributed by atoms with Crippen molar-refractivity contribution in [1.82, 2.24) is 4.98 Å². The lowest BCUT2D eigenvalue weighted by Gasteiger charge is -2.29. The lowest BCUT2D eigenvalue weighted by atomic mass is 9.88. The summed E-state index contributed by atoms with van der Waals surface area (Å²) in [5.74, 6) is 0.662. The number of allylic oxidation sites excluding steroid dienone is 8. The molecule has 0 saturated heterocycles. The molecule has 3 heteroatoms. The zero-order valence-corrected chi connectivity index (χ0v) is 33.7. The van der Waals surface area contributed by atoms with Crippen LogP contribution in [0.25, 0.3) is 66.4 Å². The van der Waals surface area contributed by atoms with Crippen LogP contribution in [0.3, 0.4) is 0 Å². The Labute approximate surface area is 356 Å². The summed E-state index contributed by atoms with van der Waals surface area (Å²) < 4.78 is 6.31. The van der Waals surface area contributed by atoms with Crippen LogP contribution in [0.15, 0.2) is 223 Å². The fourth-order valence-corrected chi connectivity index (χ4v) is 9.08. The highest BCUT2D eigenvalue weighted by molar-refractivity contribution is 6.09. The number of hydrogen-bond acceptors (Lipinski definition) is 3. The van der Waals surface area contributed by atoms with Crippen molar-refractivity contribution >= 4 is 50.1 Å². The normalized spacial score (nSPS) is 15.1. The van der Waals surface area contributed by atoms with Gasteiger partial charge in [-0.25, -0.2) is 4.98 Å². The molecule has 2 aliphatic carbocycles. The van der Waals surface area contributed by atoms with E-state index in [4.69, 9.17) is 9.40 Å². The van der Waals surface area contributed by atoms with Crippen LogP contribution >= 0.6 is 0 Å². The second-order valence-corrected chi connectivity index (χ2v) is 15.8. The highest BCUT2D eigenvalue weighted by Gasteiger charge is 2.26. The summed E-state index contributed by atoms with van der Waals surface area (Å²) in [6, 6.07) is 65.5. The number of fused-ring (bicyclic) bond motifs is 6. The van der Waals surface area contributed by atoms with Gasteiger partial charge in [0.05, 0.1) is 5.69 Å². The first-order valence-corrected chi connectivity index (χ1v) is 21.1. The molecule has 290 valence electrons. The zero-order valence-electron chi connectivity index (χ0n) is 33.7. The average molecular weight is 783 g/mol. The molecule has 0 bridgehead atoms. The van der Waals surface area contributed by atoms with E-state index in [-0.39, 0.29) is 0 Å². The van der Waals surface area contributed by atoms with E-state index in [0.29, 0.717) is 12.3 Å². The molecule has 1 aromatic heterocycles. The molecule has 0 unspecified atom stereocenters. The number of benzene rings is 8. The maximum Gasteiger partial charge on any atom is 0.223 e. The van der Waals surface area contributed by atoms with Crippen LogP contribution in [0.1, 0.15) is 35.4 Å². The van der Waals surface area contributed by atoms with Gasteiger partial charge in [0.25, 0.3) is 0 Å². The lowest BCUT2D eigenvalue weighted by Crippen LogP contribution is -2.11. The monoisotopic (exact) mass is 782 g/mol. The topological polar surface area (TPSA) is 29.3 Å². The molecule has 61 heavy (non-hydrogen) atoms. The Bertz CT molecular complexity index is 3070. The van der Waals surface area contributed by atoms with Crippen LogP contribution in [-0.2, 0) is 6.42 Å². The first-order valence-electron chi connectivity index (χ1n) is 21.1. The Balaban J connectivity index is 1.11. The summed E-state index contributed by atoms with van der Waals surface area (Å²) in [6.45, 7) is 0. The van der Waals surface area contributed by atoms with Crippen molar-refractivity contribution in [2.24, 2.45) is 0 Å². The number of nitrogens with zero attached hydrogens (tertiary/aromatic N) is 2. The zero-order chi connectivity index (χ0) is 40.5. The molecule has 0 radical (unpaired) electrons. The van der Waals surface area contributed by atoms with E-state index in [9.17, 15) is 0 Å². The van der Waals surface area contributed by atoms with Gasteiger partial charge >= 0.3 is 0 Å². The standard InChI is InChI=1S/C58H42N2O/c1-2-6-20-45(58-59-54-23-13-14-24-56(54)61-58)26-25-44(19-5-1)50-37-38-55(52-36-35-51-49-22-12-11-21-46(49)39-53(51)57(50)52)60(47-31-27-42(28-32-47)40-15-7-3-8-16-40)48-33-29-43(30-34-48)41-17-9-4-10-18-41/h1-18,21-38H,19-20,39H2/b5-1?,6-2?,44-25+,45-26+. The van der Waals surface area contributed by atoms with Gasteiger partial charge in [-0.05, 0) is 123 Å². The van der Waals surface area contributed by atoms with Gasteiger partial charge in [0.15, 0.2) is 5.58 Å². The van der Waals surface area contributed by atoms with Crippen LogP contribution in [0, 0.1) is 0 Å². The van der Waals surface area contributed by atoms with Gasteiger partial charge in [0.1, 0.15) is 5.52 Å². The van der Waals surface area contributed by atoms with Crippen molar-refractivity contribution in [2.75, 3.05) is 4.90 Å². The van der Waals surface area contributed by atoms with Crippen molar-refractivity contribution in [3.63, 3.8) is 0 Å².